The van der Waals surface area contributed by atoms with Crippen LogP contribution in [0.3, 0.4) is 0 Å². The lowest BCUT2D eigenvalue weighted by Gasteiger charge is -2.08. The van der Waals surface area contributed by atoms with Crippen LogP contribution >= 0.6 is 0 Å². The molecule has 2 aromatic rings. The largest absolute Gasteiger partial charge is 0.345 e. The Morgan fingerprint density at radius 3 is 2.65 bits per heavy atom. The van der Waals surface area contributed by atoms with Crippen LogP contribution in [0.25, 0.3) is 0 Å². The highest BCUT2D eigenvalue weighted by molar-refractivity contribution is 5.91. The molecule has 0 aliphatic rings. The van der Waals surface area contributed by atoms with E-state index in [4.69, 9.17) is 0 Å². The van der Waals surface area contributed by atoms with E-state index < -0.39 is 0 Å². The monoisotopic (exact) mass is 309 g/mol. The first-order valence-corrected chi connectivity index (χ1v) is 7.64. The van der Waals surface area contributed by atoms with E-state index in [0.29, 0.717) is 18.5 Å². The molecule has 4 nitrogen and oxygen atoms in total. The van der Waals surface area contributed by atoms with Crippen LogP contribution in [0.4, 0.5) is 0 Å². The number of nitrogens with zero attached hydrogens (tertiary/aromatic N) is 2. The van der Waals surface area contributed by atoms with Crippen LogP contribution in [-0.2, 0) is 31.2 Å². The topological polar surface area (TPSA) is 46.9 Å². The Balaban J connectivity index is 2.24. The number of hydrogen-bond acceptors (Lipinski definition) is 2. The number of benzene rings is 1. The molecular formula is C19H23N3O. The molecule has 2 rings (SSSR count). The Hall–Kier alpha value is -2.62. The summed E-state index contributed by atoms with van der Waals surface area (Å²) >= 11 is 0. The van der Waals surface area contributed by atoms with E-state index in [0.717, 1.165) is 23.6 Å². The fraction of sp³-hybridized carbons (Fsp3) is 0.263. The molecule has 0 unspecified atom stereocenters. The maximum absolute atomic E-state index is 11.7. The number of imidazole rings is 1. The lowest BCUT2D eigenvalue weighted by Crippen LogP contribution is -2.24. The van der Waals surface area contributed by atoms with E-state index in [1.165, 1.54) is 5.56 Å². The minimum atomic E-state index is -0.150. The normalized spacial score (nSPS) is 10.3. The van der Waals surface area contributed by atoms with Gasteiger partial charge in [0.05, 0.1) is 12.2 Å². The van der Waals surface area contributed by atoms with Crippen molar-refractivity contribution in [1.29, 1.82) is 0 Å². The highest BCUT2D eigenvalue weighted by atomic mass is 16.1. The third-order valence-corrected chi connectivity index (χ3v) is 3.74. The van der Waals surface area contributed by atoms with E-state index in [-0.39, 0.29) is 5.91 Å². The molecule has 0 atom stereocenters. The molecule has 0 radical (unpaired) electrons. The molecule has 0 aliphatic carbocycles. The van der Waals surface area contributed by atoms with Gasteiger partial charge in [0.15, 0.2) is 0 Å². The van der Waals surface area contributed by atoms with Crippen LogP contribution < -0.4 is 5.32 Å². The fourth-order valence-corrected chi connectivity index (χ4v) is 2.42. The number of allylic oxidation sites excluding steroid dienone is 1. The van der Waals surface area contributed by atoms with Crippen molar-refractivity contribution in [3.8, 4) is 0 Å². The summed E-state index contributed by atoms with van der Waals surface area (Å²) in [5.41, 5.74) is 3.88. The summed E-state index contributed by atoms with van der Waals surface area (Å²) in [5, 5.41) is 2.84. The maximum atomic E-state index is 11.7. The molecule has 0 aliphatic heterocycles. The van der Waals surface area contributed by atoms with E-state index >= 15 is 0 Å². The van der Waals surface area contributed by atoms with Gasteiger partial charge >= 0.3 is 0 Å². The predicted octanol–water partition coefficient (Wildman–Crippen LogP) is 2.93. The van der Waals surface area contributed by atoms with Crippen molar-refractivity contribution in [1.82, 2.24) is 14.9 Å². The molecule has 23 heavy (non-hydrogen) atoms. The zero-order valence-electron chi connectivity index (χ0n) is 13.8. The number of rotatable bonds is 7. The van der Waals surface area contributed by atoms with E-state index in [9.17, 15) is 4.79 Å². The quantitative estimate of drug-likeness (QED) is 0.631. The molecular weight excluding hydrogens is 286 g/mol. The average molecular weight is 309 g/mol. The molecule has 0 fully saturated rings. The van der Waals surface area contributed by atoms with Gasteiger partial charge < -0.3 is 9.88 Å². The van der Waals surface area contributed by atoms with Gasteiger partial charge in [-0.2, -0.15) is 0 Å². The number of amides is 1. The highest BCUT2D eigenvalue weighted by Gasteiger charge is 2.15. The van der Waals surface area contributed by atoms with Crippen LogP contribution in [0.15, 0.2) is 55.1 Å². The van der Waals surface area contributed by atoms with Crippen LogP contribution in [0.1, 0.15) is 29.7 Å². The van der Waals surface area contributed by atoms with Crippen molar-refractivity contribution in [2.45, 2.75) is 26.3 Å². The molecule has 0 bridgehead atoms. The number of carbonyl (C=O) groups excluding carboxylic acids is 1. The lowest BCUT2D eigenvalue weighted by atomic mass is 10.1. The summed E-state index contributed by atoms with van der Waals surface area (Å²) in [4.78, 5) is 16.3. The smallest absolute Gasteiger partial charge is 0.246 e. The first kappa shape index (κ1) is 16.7. The summed E-state index contributed by atoms with van der Waals surface area (Å²) in [6, 6.07) is 10.3. The molecule has 1 N–H and O–H groups in total. The van der Waals surface area contributed by atoms with Crippen molar-refractivity contribution >= 4 is 5.91 Å². The van der Waals surface area contributed by atoms with E-state index in [1.807, 2.05) is 31.3 Å². The van der Waals surface area contributed by atoms with Gasteiger partial charge in [-0.15, -0.1) is 6.58 Å². The maximum Gasteiger partial charge on any atom is 0.246 e. The van der Waals surface area contributed by atoms with Gasteiger partial charge in [-0.3, -0.25) is 4.79 Å². The van der Waals surface area contributed by atoms with E-state index in [1.54, 1.807) is 6.92 Å². The SMILES string of the molecule is C=CCc1nc(CNC(=O)C(=C)C)n(C)c1Cc1ccccc1. The van der Waals surface area contributed by atoms with Crippen LogP contribution in [0.2, 0.25) is 0 Å². The summed E-state index contributed by atoms with van der Waals surface area (Å²) in [6.07, 6.45) is 3.37. The van der Waals surface area contributed by atoms with Crippen LogP contribution in [0, 0.1) is 0 Å². The second-order valence-corrected chi connectivity index (χ2v) is 5.60. The van der Waals surface area contributed by atoms with E-state index in [2.05, 4.69) is 40.2 Å². The first-order valence-electron chi connectivity index (χ1n) is 7.64. The van der Waals surface area contributed by atoms with Crippen molar-refractivity contribution in [2.24, 2.45) is 7.05 Å². The molecule has 1 amide bonds. The molecule has 120 valence electrons. The van der Waals surface area contributed by atoms with Crippen LogP contribution in [0.5, 0.6) is 0 Å². The third kappa shape index (κ3) is 4.19. The zero-order chi connectivity index (χ0) is 16.8. The Bertz CT molecular complexity index is 714. The van der Waals surface area contributed by atoms with Crippen LogP contribution in [-0.4, -0.2) is 15.5 Å². The Labute approximate surface area is 137 Å². The van der Waals surface area contributed by atoms with Gasteiger partial charge in [0.1, 0.15) is 5.82 Å². The molecule has 1 heterocycles. The second-order valence-electron chi connectivity index (χ2n) is 5.60. The second kappa shape index (κ2) is 7.58. The van der Waals surface area contributed by atoms with Gasteiger partial charge in [0.25, 0.3) is 0 Å². The Morgan fingerprint density at radius 1 is 1.35 bits per heavy atom. The zero-order valence-corrected chi connectivity index (χ0v) is 13.8. The average Bonchev–Trinajstić information content (AvgIpc) is 2.82. The summed E-state index contributed by atoms with van der Waals surface area (Å²) in [5.74, 6) is 0.685. The van der Waals surface area contributed by atoms with Crippen molar-refractivity contribution in [3.63, 3.8) is 0 Å². The summed E-state index contributed by atoms with van der Waals surface area (Å²) in [7, 11) is 1.99. The fourth-order valence-electron chi connectivity index (χ4n) is 2.42. The number of carbonyl (C=O) groups is 1. The van der Waals surface area contributed by atoms with Gasteiger partial charge in [-0.25, -0.2) is 4.98 Å². The predicted molar refractivity (Wildman–Crippen MR) is 93.0 cm³/mol. The van der Waals surface area contributed by atoms with Gasteiger partial charge in [-0.1, -0.05) is 43.0 Å². The molecule has 1 aromatic heterocycles. The van der Waals surface area contributed by atoms with Gasteiger partial charge in [-0.05, 0) is 12.5 Å². The van der Waals surface area contributed by atoms with Crippen molar-refractivity contribution in [2.75, 3.05) is 0 Å². The summed E-state index contributed by atoms with van der Waals surface area (Å²) in [6.45, 7) is 9.54. The van der Waals surface area contributed by atoms with Crippen molar-refractivity contribution < 1.29 is 4.79 Å². The van der Waals surface area contributed by atoms with Gasteiger partial charge in [0.2, 0.25) is 5.91 Å². The Kier molecular flexibility index (Phi) is 5.52. The molecule has 0 spiro atoms. The highest BCUT2D eigenvalue weighted by Crippen LogP contribution is 2.17. The standard InChI is InChI=1S/C19H23N3O/c1-5-9-16-17(12-15-10-7-6-8-11-15)22(4)18(21-16)13-20-19(23)14(2)3/h5-8,10-11H,1-2,9,12-13H2,3-4H3,(H,20,23). The number of nitrogens with one attached hydrogen (secondary N) is 1. The van der Waals surface area contributed by atoms with Crippen molar-refractivity contribution in [3.05, 3.63) is 77.9 Å². The third-order valence-electron chi connectivity index (χ3n) is 3.74. The minimum Gasteiger partial charge on any atom is -0.345 e. The van der Waals surface area contributed by atoms with Gasteiger partial charge in [0, 0.05) is 31.2 Å². The molecule has 1 aromatic carbocycles. The first-order chi connectivity index (χ1) is 11.0. The molecule has 4 heteroatoms. The number of hydrogen-bond donors (Lipinski definition) is 1. The minimum absolute atomic E-state index is 0.150. The lowest BCUT2D eigenvalue weighted by molar-refractivity contribution is -0.117. The Morgan fingerprint density at radius 2 is 2.04 bits per heavy atom. The summed E-state index contributed by atoms with van der Waals surface area (Å²) < 4.78 is 2.06. The number of aromatic nitrogens is 2. The molecule has 0 saturated carbocycles. The molecule has 0 saturated heterocycles.